The molecule has 3 heteroatoms. The Balaban J connectivity index is 1.95. The van der Waals surface area contributed by atoms with E-state index in [4.69, 9.17) is 4.74 Å². The van der Waals surface area contributed by atoms with Gasteiger partial charge in [-0.1, -0.05) is 6.08 Å². The average molecular weight is 230 g/mol. The molecule has 0 bridgehead atoms. The van der Waals surface area contributed by atoms with Crippen LogP contribution in [-0.2, 0) is 0 Å². The van der Waals surface area contributed by atoms with Gasteiger partial charge in [0.25, 0.3) is 0 Å². The van der Waals surface area contributed by atoms with Crippen LogP contribution in [0.3, 0.4) is 0 Å². The molecule has 2 heterocycles. The van der Waals surface area contributed by atoms with Gasteiger partial charge in [-0.15, -0.1) is 0 Å². The van der Waals surface area contributed by atoms with Crippen molar-refractivity contribution in [2.24, 2.45) is 5.92 Å². The summed E-state index contributed by atoms with van der Waals surface area (Å²) in [5.41, 5.74) is 3.55. The number of aryl methyl sites for hydroxylation is 1. The standard InChI is InChI=1S/C14H18N2O/c1-9-13(17-2)6-11(8-15-9)12-5-3-4-10-7-16-14(10)12/h5-6,8,10,14,16H,3-4,7H2,1-2H3/t10-,14+/m1/s1. The van der Waals surface area contributed by atoms with Crippen molar-refractivity contribution in [1.82, 2.24) is 10.3 Å². The SMILES string of the molecule is COc1cc(C2=CCC[C@@H]3CN[C@H]23)cnc1C. The van der Waals surface area contributed by atoms with Gasteiger partial charge < -0.3 is 10.1 Å². The number of fused-ring (bicyclic) bond motifs is 1. The lowest BCUT2D eigenvalue weighted by Crippen LogP contribution is -2.54. The van der Waals surface area contributed by atoms with E-state index in [1.807, 2.05) is 13.1 Å². The van der Waals surface area contributed by atoms with E-state index in [2.05, 4.69) is 22.4 Å². The minimum absolute atomic E-state index is 0.540. The predicted molar refractivity (Wildman–Crippen MR) is 68.0 cm³/mol. The van der Waals surface area contributed by atoms with Crippen molar-refractivity contribution in [2.75, 3.05) is 13.7 Å². The predicted octanol–water partition coefficient (Wildman–Crippen LogP) is 2.16. The summed E-state index contributed by atoms with van der Waals surface area (Å²) in [4.78, 5) is 4.42. The number of allylic oxidation sites excluding steroid dienone is 1. The number of rotatable bonds is 2. The zero-order chi connectivity index (χ0) is 11.8. The first-order valence-corrected chi connectivity index (χ1v) is 6.24. The Bertz CT molecular complexity index is 467. The maximum atomic E-state index is 5.35. The number of methoxy groups -OCH3 is 1. The van der Waals surface area contributed by atoms with E-state index in [1.54, 1.807) is 7.11 Å². The van der Waals surface area contributed by atoms with Crippen LogP contribution in [0.25, 0.3) is 5.57 Å². The summed E-state index contributed by atoms with van der Waals surface area (Å²) < 4.78 is 5.35. The van der Waals surface area contributed by atoms with Crippen LogP contribution in [0.2, 0.25) is 0 Å². The minimum atomic E-state index is 0.540. The summed E-state index contributed by atoms with van der Waals surface area (Å²) in [6.07, 6.45) is 6.82. The fourth-order valence-corrected chi connectivity index (χ4v) is 2.79. The van der Waals surface area contributed by atoms with Crippen LogP contribution in [0.15, 0.2) is 18.3 Å². The fourth-order valence-electron chi connectivity index (χ4n) is 2.79. The molecule has 2 atom stereocenters. The molecule has 0 radical (unpaired) electrons. The molecule has 0 unspecified atom stereocenters. The zero-order valence-corrected chi connectivity index (χ0v) is 10.4. The van der Waals surface area contributed by atoms with E-state index in [9.17, 15) is 0 Å². The van der Waals surface area contributed by atoms with Crippen LogP contribution in [-0.4, -0.2) is 24.7 Å². The smallest absolute Gasteiger partial charge is 0.140 e. The molecule has 1 aliphatic carbocycles. The molecule has 17 heavy (non-hydrogen) atoms. The maximum absolute atomic E-state index is 5.35. The first kappa shape index (κ1) is 10.8. The molecule has 1 fully saturated rings. The molecular weight excluding hydrogens is 212 g/mol. The van der Waals surface area contributed by atoms with Crippen molar-refractivity contribution in [2.45, 2.75) is 25.8 Å². The average Bonchev–Trinajstić information content (AvgIpc) is 2.31. The first-order chi connectivity index (χ1) is 8.29. The Hall–Kier alpha value is -1.35. The third kappa shape index (κ3) is 1.75. The molecule has 1 saturated heterocycles. The highest BCUT2D eigenvalue weighted by Crippen LogP contribution is 2.36. The monoisotopic (exact) mass is 230 g/mol. The summed E-state index contributed by atoms with van der Waals surface area (Å²) in [6.45, 7) is 3.14. The molecule has 90 valence electrons. The fraction of sp³-hybridized carbons (Fsp3) is 0.500. The van der Waals surface area contributed by atoms with Crippen molar-refractivity contribution in [3.05, 3.63) is 29.6 Å². The highest BCUT2D eigenvalue weighted by atomic mass is 16.5. The highest BCUT2D eigenvalue weighted by Gasteiger charge is 2.35. The lowest BCUT2D eigenvalue weighted by molar-refractivity contribution is 0.262. The quantitative estimate of drug-likeness (QED) is 0.845. The van der Waals surface area contributed by atoms with Gasteiger partial charge in [-0.25, -0.2) is 0 Å². The van der Waals surface area contributed by atoms with Crippen molar-refractivity contribution in [3.8, 4) is 5.75 Å². The second-order valence-electron chi connectivity index (χ2n) is 4.89. The Morgan fingerprint density at radius 3 is 3.06 bits per heavy atom. The number of aromatic nitrogens is 1. The Labute approximate surface area is 102 Å². The van der Waals surface area contributed by atoms with Gasteiger partial charge in [0.15, 0.2) is 0 Å². The van der Waals surface area contributed by atoms with Gasteiger partial charge in [-0.2, -0.15) is 0 Å². The van der Waals surface area contributed by atoms with E-state index in [0.717, 1.165) is 17.4 Å². The molecule has 3 rings (SSSR count). The van der Waals surface area contributed by atoms with E-state index in [0.29, 0.717) is 6.04 Å². The van der Waals surface area contributed by atoms with E-state index < -0.39 is 0 Å². The molecule has 1 aliphatic heterocycles. The number of hydrogen-bond acceptors (Lipinski definition) is 3. The van der Waals surface area contributed by atoms with Gasteiger partial charge in [-0.05, 0) is 37.3 Å². The Kier molecular flexibility index (Phi) is 2.63. The van der Waals surface area contributed by atoms with Gasteiger partial charge in [0.05, 0.1) is 12.8 Å². The van der Waals surface area contributed by atoms with E-state index in [1.165, 1.54) is 30.5 Å². The third-order valence-corrected chi connectivity index (χ3v) is 3.90. The molecule has 0 spiro atoms. The molecule has 2 aliphatic rings. The second kappa shape index (κ2) is 4.15. The molecule has 0 aromatic carbocycles. The second-order valence-corrected chi connectivity index (χ2v) is 4.89. The molecule has 1 aromatic heterocycles. The normalized spacial score (nSPS) is 26.8. The largest absolute Gasteiger partial charge is 0.495 e. The third-order valence-electron chi connectivity index (χ3n) is 3.90. The van der Waals surface area contributed by atoms with Gasteiger partial charge >= 0.3 is 0 Å². The highest BCUT2D eigenvalue weighted by molar-refractivity contribution is 5.72. The molecule has 3 nitrogen and oxygen atoms in total. The summed E-state index contributed by atoms with van der Waals surface area (Å²) in [5.74, 6) is 1.70. The Morgan fingerprint density at radius 1 is 1.47 bits per heavy atom. The topological polar surface area (TPSA) is 34.1 Å². The van der Waals surface area contributed by atoms with Crippen molar-refractivity contribution < 1.29 is 4.74 Å². The van der Waals surface area contributed by atoms with Crippen LogP contribution in [0, 0.1) is 12.8 Å². The Morgan fingerprint density at radius 2 is 2.35 bits per heavy atom. The lowest BCUT2D eigenvalue weighted by Gasteiger charge is -2.42. The van der Waals surface area contributed by atoms with E-state index in [-0.39, 0.29) is 0 Å². The van der Waals surface area contributed by atoms with Crippen LogP contribution in [0.4, 0.5) is 0 Å². The first-order valence-electron chi connectivity index (χ1n) is 6.24. The number of nitrogens with zero attached hydrogens (tertiary/aromatic N) is 1. The van der Waals surface area contributed by atoms with Gasteiger partial charge in [0.2, 0.25) is 0 Å². The summed E-state index contributed by atoms with van der Waals surface area (Å²) >= 11 is 0. The molecule has 0 amide bonds. The van der Waals surface area contributed by atoms with Crippen molar-refractivity contribution >= 4 is 5.57 Å². The lowest BCUT2D eigenvalue weighted by atomic mass is 9.76. The molecule has 0 saturated carbocycles. The number of nitrogens with one attached hydrogen (secondary N) is 1. The van der Waals surface area contributed by atoms with Crippen LogP contribution < -0.4 is 10.1 Å². The number of hydrogen-bond donors (Lipinski definition) is 1. The van der Waals surface area contributed by atoms with Gasteiger partial charge in [-0.3, -0.25) is 4.98 Å². The zero-order valence-electron chi connectivity index (χ0n) is 10.4. The van der Waals surface area contributed by atoms with Crippen LogP contribution in [0.5, 0.6) is 5.75 Å². The minimum Gasteiger partial charge on any atom is -0.495 e. The van der Waals surface area contributed by atoms with Gasteiger partial charge in [0.1, 0.15) is 5.75 Å². The maximum Gasteiger partial charge on any atom is 0.140 e. The number of pyridine rings is 1. The summed E-state index contributed by atoms with van der Waals surface area (Å²) in [7, 11) is 1.70. The van der Waals surface area contributed by atoms with Crippen molar-refractivity contribution in [1.29, 1.82) is 0 Å². The number of ether oxygens (including phenoxy) is 1. The van der Waals surface area contributed by atoms with Crippen LogP contribution >= 0.6 is 0 Å². The molecule has 1 aromatic rings. The van der Waals surface area contributed by atoms with Gasteiger partial charge in [0, 0.05) is 24.3 Å². The van der Waals surface area contributed by atoms with Crippen LogP contribution in [0.1, 0.15) is 24.1 Å². The van der Waals surface area contributed by atoms with E-state index >= 15 is 0 Å². The molecular formula is C14H18N2O. The summed E-state index contributed by atoms with van der Waals surface area (Å²) in [5, 5.41) is 3.51. The molecule has 1 N–H and O–H groups in total. The van der Waals surface area contributed by atoms with Crippen molar-refractivity contribution in [3.63, 3.8) is 0 Å². The summed E-state index contributed by atoms with van der Waals surface area (Å²) in [6, 6.07) is 2.65.